The number of rotatable bonds is 9. The Labute approximate surface area is 116 Å². The maximum absolute atomic E-state index is 13.5. The molecule has 0 radical (unpaired) electrons. The molecule has 0 aliphatic heterocycles. The van der Waals surface area contributed by atoms with Crippen molar-refractivity contribution in [2.45, 2.75) is 6.42 Å². The zero-order valence-electron chi connectivity index (χ0n) is 11.2. The lowest BCUT2D eigenvalue weighted by atomic mass is 10.1. The summed E-state index contributed by atoms with van der Waals surface area (Å²) in [6.07, 6.45) is 0.760. The molecule has 0 spiro atoms. The molecule has 0 aliphatic rings. The number of nitrogen functional groups attached to an aromatic ring is 1. The van der Waals surface area contributed by atoms with Crippen molar-refractivity contribution in [3.8, 4) is 5.75 Å². The molecule has 0 fully saturated rings. The maximum Gasteiger partial charge on any atom is 0.337 e. The van der Waals surface area contributed by atoms with Crippen molar-refractivity contribution in [3.05, 3.63) is 23.5 Å². The highest BCUT2D eigenvalue weighted by Gasteiger charge is 2.14. The first-order chi connectivity index (χ1) is 9.56. The molecule has 0 aromatic heterocycles. The molecule has 0 saturated carbocycles. The predicted molar refractivity (Wildman–Crippen MR) is 70.6 cm³/mol. The molecular weight excluding hydrogens is 269 g/mol. The van der Waals surface area contributed by atoms with E-state index in [1.165, 1.54) is 0 Å². The molecule has 0 atom stereocenters. The van der Waals surface area contributed by atoms with Crippen LogP contribution in [0, 0.1) is 5.82 Å². The average Bonchev–Trinajstić information content (AvgIpc) is 2.39. The zero-order chi connectivity index (χ0) is 15.0. The molecule has 6 nitrogen and oxygen atoms in total. The second-order valence-corrected chi connectivity index (χ2v) is 3.98. The van der Waals surface area contributed by atoms with Crippen molar-refractivity contribution < 1.29 is 28.5 Å². The molecule has 112 valence electrons. The van der Waals surface area contributed by atoms with Crippen LogP contribution in [0.3, 0.4) is 0 Å². The molecule has 7 heteroatoms. The largest absolute Gasteiger partial charge is 0.488 e. The first-order valence-electron chi connectivity index (χ1n) is 6.08. The number of carboxylic acids is 1. The molecule has 0 bridgehead atoms. The molecule has 0 unspecified atom stereocenters. The SMILES string of the molecule is COCCCOCCOc1cc(C(=O)O)c(N)cc1F. The number of aromatic carboxylic acids is 1. The summed E-state index contributed by atoms with van der Waals surface area (Å²) in [5.41, 5.74) is 5.07. The van der Waals surface area contributed by atoms with Gasteiger partial charge in [0.2, 0.25) is 0 Å². The van der Waals surface area contributed by atoms with Gasteiger partial charge >= 0.3 is 5.97 Å². The van der Waals surface area contributed by atoms with E-state index < -0.39 is 11.8 Å². The Kier molecular flexibility index (Phi) is 6.75. The Morgan fingerprint density at radius 2 is 2.05 bits per heavy atom. The highest BCUT2D eigenvalue weighted by molar-refractivity contribution is 5.94. The van der Waals surface area contributed by atoms with E-state index in [4.69, 9.17) is 25.1 Å². The summed E-state index contributed by atoms with van der Waals surface area (Å²) < 4.78 is 28.7. The Hall–Kier alpha value is -1.86. The van der Waals surface area contributed by atoms with Crippen LogP contribution in [0.4, 0.5) is 10.1 Å². The lowest BCUT2D eigenvalue weighted by Crippen LogP contribution is -2.10. The van der Waals surface area contributed by atoms with Crippen molar-refractivity contribution >= 4 is 11.7 Å². The summed E-state index contributed by atoms with van der Waals surface area (Å²) in [6.45, 7) is 1.51. The fourth-order valence-corrected chi connectivity index (χ4v) is 1.48. The summed E-state index contributed by atoms with van der Waals surface area (Å²) in [6, 6.07) is 2.00. The van der Waals surface area contributed by atoms with Gasteiger partial charge in [0.25, 0.3) is 0 Å². The molecule has 0 aliphatic carbocycles. The van der Waals surface area contributed by atoms with Crippen molar-refractivity contribution in [2.24, 2.45) is 0 Å². The van der Waals surface area contributed by atoms with Crippen LogP contribution >= 0.6 is 0 Å². The quantitative estimate of drug-likeness (QED) is 0.529. The number of benzene rings is 1. The highest BCUT2D eigenvalue weighted by Crippen LogP contribution is 2.24. The second kappa shape index (κ2) is 8.34. The summed E-state index contributed by atoms with van der Waals surface area (Å²) in [4.78, 5) is 10.9. The second-order valence-electron chi connectivity index (χ2n) is 3.98. The minimum atomic E-state index is -1.23. The lowest BCUT2D eigenvalue weighted by molar-refractivity contribution is 0.0696. The van der Waals surface area contributed by atoms with Crippen LogP contribution in [0.1, 0.15) is 16.8 Å². The van der Waals surface area contributed by atoms with E-state index >= 15 is 0 Å². The van der Waals surface area contributed by atoms with Crippen LogP contribution in [0.5, 0.6) is 5.75 Å². The summed E-state index contributed by atoms with van der Waals surface area (Å²) >= 11 is 0. The van der Waals surface area contributed by atoms with Crippen molar-refractivity contribution in [2.75, 3.05) is 39.3 Å². The van der Waals surface area contributed by atoms with E-state index in [2.05, 4.69) is 0 Å². The van der Waals surface area contributed by atoms with Crippen LogP contribution in [-0.4, -0.2) is 44.6 Å². The van der Waals surface area contributed by atoms with Crippen LogP contribution in [0.15, 0.2) is 12.1 Å². The van der Waals surface area contributed by atoms with E-state index in [1.54, 1.807) is 7.11 Å². The third kappa shape index (κ3) is 5.02. The van der Waals surface area contributed by atoms with Gasteiger partial charge in [-0.05, 0) is 12.5 Å². The highest BCUT2D eigenvalue weighted by atomic mass is 19.1. The first-order valence-corrected chi connectivity index (χ1v) is 6.08. The summed E-state index contributed by atoms with van der Waals surface area (Å²) in [7, 11) is 1.60. The average molecular weight is 287 g/mol. The van der Waals surface area contributed by atoms with E-state index in [1.807, 2.05) is 0 Å². The number of anilines is 1. The lowest BCUT2D eigenvalue weighted by Gasteiger charge is -2.10. The van der Waals surface area contributed by atoms with Crippen LogP contribution in [-0.2, 0) is 9.47 Å². The maximum atomic E-state index is 13.5. The number of hydrogen-bond acceptors (Lipinski definition) is 5. The van der Waals surface area contributed by atoms with Crippen LogP contribution in [0.25, 0.3) is 0 Å². The number of halogens is 1. The van der Waals surface area contributed by atoms with Gasteiger partial charge in [0, 0.05) is 32.1 Å². The monoisotopic (exact) mass is 287 g/mol. The van der Waals surface area contributed by atoms with E-state index in [9.17, 15) is 9.18 Å². The van der Waals surface area contributed by atoms with Gasteiger partial charge in [-0.1, -0.05) is 0 Å². The topological polar surface area (TPSA) is 91.0 Å². The molecule has 1 aromatic rings. The minimum Gasteiger partial charge on any atom is -0.488 e. The van der Waals surface area contributed by atoms with Crippen molar-refractivity contribution in [3.63, 3.8) is 0 Å². The van der Waals surface area contributed by atoms with Crippen LogP contribution in [0.2, 0.25) is 0 Å². The van der Waals surface area contributed by atoms with E-state index in [0.717, 1.165) is 18.6 Å². The molecule has 1 rings (SSSR count). The molecule has 1 aromatic carbocycles. The number of ether oxygens (including phenoxy) is 3. The Morgan fingerprint density at radius 3 is 2.70 bits per heavy atom. The van der Waals surface area contributed by atoms with Gasteiger partial charge in [0.15, 0.2) is 11.6 Å². The molecule has 0 heterocycles. The number of nitrogens with two attached hydrogens (primary N) is 1. The van der Waals surface area contributed by atoms with Crippen LogP contribution < -0.4 is 10.5 Å². The third-order valence-corrected chi connectivity index (χ3v) is 2.46. The summed E-state index contributed by atoms with van der Waals surface area (Å²) in [5, 5.41) is 8.88. The molecular formula is C13H18FNO5. The van der Waals surface area contributed by atoms with Crippen molar-refractivity contribution in [1.82, 2.24) is 0 Å². The van der Waals surface area contributed by atoms with Crippen molar-refractivity contribution in [1.29, 1.82) is 0 Å². The fourth-order valence-electron chi connectivity index (χ4n) is 1.48. The molecule has 0 amide bonds. The number of carboxylic acid groups (broad SMARTS) is 1. The van der Waals surface area contributed by atoms with Gasteiger partial charge in [-0.3, -0.25) is 0 Å². The Morgan fingerprint density at radius 1 is 1.30 bits per heavy atom. The molecule has 20 heavy (non-hydrogen) atoms. The van der Waals surface area contributed by atoms with Gasteiger partial charge < -0.3 is 25.1 Å². The Balaban J connectivity index is 2.44. The predicted octanol–water partition coefficient (Wildman–Crippen LogP) is 1.54. The smallest absolute Gasteiger partial charge is 0.337 e. The Bertz CT molecular complexity index is 453. The number of methoxy groups -OCH3 is 1. The van der Waals surface area contributed by atoms with E-state index in [-0.39, 0.29) is 30.2 Å². The van der Waals surface area contributed by atoms with Gasteiger partial charge in [-0.25, -0.2) is 9.18 Å². The van der Waals surface area contributed by atoms with Gasteiger partial charge in [-0.15, -0.1) is 0 Å². The molecule has 3 N–H and O–H groups in total. The standard InChI is InChI=1S/C13H18FNO5/c1-18-3-2-4-19-5-6-20-12-7-9(13(16)17)11(15)8-10(12)14/h7-8H,2-6,15H2,1H3,(H,16,17). The van der Waals surface area contributed by atoms with E-state index in [0.29, 0.717) is 13.2 Å². The minimum absolute atomic E-state index is 0.118. The van der Waals surface area contributed by atoms with Gasteiger partial charge in [0.1, 0.15) is 6.61 Å². The molecule has 0 saturated heterocycles. The fraction of sp³-hybridized carbons (Fsp3) is 0.462. The first kappa shape index (κ1) is 16.2. The zero-order valence-corrected chi connectivity index (χ0v) is 11.2. The third-order valence-electron chi connectivity index (χ3n) is 2.46. The number of hydrogen-bond donors (Lipinski definition) is 2. The van der Waals surface area contributed by atoms with Gasteiger partial charge in [-0.2, -0.15) is 0 Å². The van der Waals surface area contributed by atoms with Gasteiger partial charge in [0.05, 0.1) is 12.2 Å². The normalized spacial score (nSPS) is 10.5. The summed E-state index contributed by atoms with van der Waals surface area (Å²) in [5.74, 6) is -2.09. The number of carbonyl (C=O) groups is 1.